The van der Waals surface area contributed by atoms with Gasteiger partial charge in [-0.15, -0.1) is 0 Å². The molecule has 0 aliphatic carbocycles. The molecule has 0 saturated heterocycles. The topological polar surface area (TPSA) is 37.8 Å². The van der Waals surface area contributed by atoms with Gasteiger partial charge in [0.15, 0.2) is 0 Å². The van der Waals surface area contributed by atoms with Gasteiger partial charge in [0, 0.05) is 27.3 Å². The van der Waals surface area contributed by atoms with Crippen LogP contribution in [0.3, 0.4) is 0 Å². The Balaban J connectivity index is 2.11. The third-order valence-corrected chi connectivity index (χ3v) is 3.94. The molecule has 1 aromatic heterocycles. The van der Waals surface area contributed by atoms with E-state index in [1.807, 2.05) is 31.2 Å². The molecule has 100 valence electrons. The Morgan fingerprint density at radius 1 is 1.10 bits per heavy atom. The van der Waals surface area contributed by atoms with Gasteiger partial charge in [-0.2, -0.15) is 0 Å². The van der Waals surface area contributed by atoms with Gasteiger partial charge in [0.1, 0.15) is 5.82 Å². The van der Waals surface area contributed by atoms with Crippen LogP contribution >= 0.6 is 27.5 Å². The van der Waals surface area contributed by atoms with Crippen molar-refractivity contribution >= 4 is 49.8 Å². The molecule has 0 saturated carbocycles. The molecule has 2 aromatic carbocycles. The Morgan fingerprint density at radius 3 is 2.65 bits per heavy atom. The summed E-state index contributed by atoms with van der Waals surface area (Å²) < 4.78 is 1.07. The third-order valence-electron chi connectivity index (χ3n) is 3.07. The predicted molar refractivity (Wildman–Crippen MR) is 86.7 cm³/mol. The van der Waals surface area contributed by atoms with Crippen molar-refractivity contribution < 1.29 is 0 Å². The second-order valence-corrected chi connectivity index (χ2v) is 5.63. The number of halogens is 2. The average Bonchev–Trinajstić information content (AvgIpc) is 2.46. The van der Waals surface area contributed by atoms with Gasteiger partial charge in [-0.05, 0) is 36.0 Å². The van der Waals surface area contributed by atoms with E-state index in [9.17, 15) is 0 Å². The van der Waals surface area contributed by atoms with E-state index in [2.05, 4.69) is 43.3 Å². The Labute approximate surface area is 130 Å². The fourth-order valence-electron chi connectivity index (χ4n) is 2.05. The van der Waals surface area contributed by atoms with Crippen molar-refractivity contribution in [2.75, 3.05) is 5.32 Å². The average molecular weight is 349 g/mol. The summed E-state index contributed by atoms with van der Waals surface area (Å²) >= 11 is 9.42. The summed E-state index contributed by atoms with van der Waals surface area (Å²) in [6.07, 6.45) is 1.71. The van der Waals surface area contributed by atoms with Gasteiger partial charge < -0.3 is 5.32 Å². The normalized spacial score (nSPS) is 10.8. The molecule has 0 aliphatic heterocycles. The molecule has 0 atom stereocenters. The summed E-state index contributed by atoms with van der Waals surface area (Å²) in [6, 6.07) is 12.2. The number of nitrogens with zero attached hydrogens (tertiary/aromatic N) is 2. The van der Waals surface area contributed by atoms with Crippen molar-refractivity contribution in [1.29, 1.82) is 0 Å². The molecule has 0 spiro atoms. The van der Waals surface area contributed by atoms with Crippen LogP contribution in [0.4, 0.5) is 11.5 Å². The van der Waals surface area contributed by atoms with Gasteiger partial charge in [-0.25, -0.2) is 9.97 Å². The summed E-state index contributed by atoms with van der Waals surface area (Å²) in [6.45, 7) is 1.94. The first kappa shape index (κ1) is 13.3. The highest BCUT2D eigenvalue weighted by molar-refractivity contribution is 9.10. The van der Waals surface area contributed by atoms with Crippen molar-refractivity contribution in [3.8, 4) is 0 Å². The lowest BCUT2D eigenvalue weighted by molar-refractivity contribution is 1.13. The minimum absolute atomic E-state index is 0.236. The number of fused-ring (bicyclic) bond motifs is 1. The van der Waals surface area contributed by atoms with Crippen LogP contribution in [0.5, 0.6) is 0 Å². The summed E-state index contributed by atoms with van der Waals surface area (Å²) in [7, 11) is 0. The first-order valence-corrected chi connectivity index (χ1v) is 7.25. The van der Waals surface area contributed by atoms with Crippen LogP contribution in [0, 0.1) is 6.92 Å². The predicted octanol–water partition coefficient (Wildman–Crippen LogP) is 5.10. The number of aryl methyl sites for hydroxylation is 1. The molecule has 0 unspecified atom stereocenters. The molecular weight excluding hydrogens is 338 g/mol. The first-order chi connectivity index (χ1) is 9.65. The molecule has 0 fully saturated rings. The smallest absolute Gasteiger partial charge is 0.224 e. The van der Waals surface area contributed by atoms with Crippen molar-refractivity contribution in [2.24, 2.45) is 0 Å². The molecule has 1 heterocycles. The van der Waals surface area contributed by atoms with Crippen molar-refractivity contribution in [1.82, 2.24) is 9.97 Å². The Morgan fingerprint density at radius 2 is 1.85 bits per heavy atom. The van der Waals surface area contributed by atoms with Gasteiger partial charge in [0.05, 0.1) is 0 Å². The van der Waals surface area contributed by atoms with Crippen LogP contribution in [0.2, 0.25) is 5.28 Å². The van der Waals surface area contributed by atoms with E-state index in [-0.39, 0.29) is 5.28 Å². The lowest BCUT2D eigenvalue weighted by Gasteiger charge is -2.12. The molecule has 0 bridgehead atoms. The third kappa shape index (κ3) is 2.49. The molecule has 5 heteroatoms. The van der Waals surface area contributed by atoms with E-state index in [4.69, 9.17) is 11.6 Å². The van der Waals surface area contributed by atoms with Gasteiger partial charge in [-0.1, -0.05) is 40.2 Å². The monoisotopic (exact) mass is 347 g/mol. The van der Waals surface area contributed by atoms with Crippen LogP contribution in [-0.2, 0) is 0 Å². The van der Waals surface area contributed by atoms with Crippen LogP contribution in [-0.4, -0.2) is 9.97 Å². The lowest BCUT2D eigenvalue weighted by Crippen LogP contribution is -1.98. The molecule has 0 aliphatic rings. The quantitative estimate of drug-likeness (QED) is 0.655. The Bertz CT molecular complexity index is 789. The standard InChI is InChI=1S/C15H11BrClN3/c1-9-8-18-15(17)20-14(9)19-13-7-6-12(16)10-4-2-3-5-11(10)13/h2-8H,1H3,(H,18,19,20). The maximum absolute atomic E-state index is 5.86. The maximum atomic E-state index is 5.86. The number of hydrogen-bond acceptors (Lipinski definition) is 3. The number of benzene rings is 2. The van der Waals surface area contributed by atoms with E-state index in [1.54, 1.807) is 6.20 Å². The summed E-state index contributed by atoms with van der Waals surface area (Å²) in [5.41, 5.74) is 1.93. The number of anilines is 2. The van der Waals surface area contributed by atoms with E-state index in [0.717, 1.165) is 32.3 Å². The van der Waals surface area contributed by atoms with E-state index in [1.165, 1.54) is 0 Å². The van der Waals surface area contributed by atoms with Crippen molar-refractivity contribution in [2.45, 2.75) is 6.92 Å². The first-order valence-electron chi connectivity index (χ1n) is 6.08. The van der Waals surface area contributed by atoms with Crippen LogP contribution in [0.25, 0.3) is 10.8 Å². The van der Waals surface area contributed by atoms with Gasteiger partial charge >= 0.3 is 0 Å². The second-order valence-electron chi connectivity index (χ2n) is 4.44. The number of hydrogen-bond donors (Lipinski definition) is 1. The van der Waals surface area contributed by atoms with Crippen LogP contribution < -0.4 is 5.32 Å². The fraction of sp³-hybridized carbons (Fsp3) is 0.0667. The van der Waals surface area contributed by atoms with Gasteiger partial charge in [0.25, 0.3) is 0 Å². The summed E-state index contributed by atoms with van der Waals surface area (Å²) in [4.78, 5) is 8.19. The van der Waals surface area contributed by atoms with Gasteiger partial charge in [-0.3, -0.25) is 0 Å². The fourth-order valence-corrected chi connectivity index (χ4v) is 2.66. The highest BCUT2D eigenvalue weighted by Crippen LogP contribution is 2.32. The minimum atomic E-state index is 0.236. The van der Waals surface area contributed by atoms with Crippen LogP contribution in [0.1, 0.15) is 5.56 Å². The largest absolute Gasteiger partial charge is 0.339 e. The van der Waals surface area contributed by atoms with E-state index < -0.39 is 0 Å². The van der Waals surface area contributed by atoms with E-state index in [0.29, 0.717) is 0 Å². The Kier molecular flexibility index (Phi) is 3.59. The van der Waals surface area contributed by atoms with E-state index >= 15 is 0 Å². The molecule has 20 heavy (non-hydrogen) atoms. The van der Waals surface area contributed by atoms with Gasteiger partial charge in [0.2, 0.25) is 5.28 Å². The molecular formula is C15H11BrClN3. The molecule has 3 rings (SSSR count). The number of rotatable bonds is 2. The Hall–Kier alpha value is -1.65. The number of aromatic nitrogens is 2. The minimum Gasteiger partial charge on any atom is -0.339 e. The highest BCUT2D eigenvalue weighted by atomic mass is 79.9. The zero-order valence-corrected chi connectivity index (χ0v) is 13.0. The lowest BCUT2D eigenvalue weighted by atomic mass is 10.1. The zero-order chi connectivity index (χ0) is 14.1. The second kappa shape index (κ2) is 5.38. The highest BCUT2D eigenvalue weighted by Gasteiger charge is 2.07. The molecule has 3 nitrogen and oxygen atoms in total. The SMILES string of the molecule is Cc1cnc(Cl)nc1Nc1ccc(Br)c2ccccc12. The van der Waals surface area contributed by atoms with Crippen LogP contribution in [0.15, 0.2) is 47.1 Å². The zero-order valence-electron chi connectivity index (χ0n) is 10.7. The number of nitrogens with one attached hydrogen (secondary N) is 1. The van der Waals surface area contributed by atoms with Crippen molar-refractivity contribution in [3.63, 3.8) is 0 Å². The molecule has 0 radical (unpaired) electrons. The molecule has 0 amide bonds. The van der Waals surface area contributed by atoms with Crippen molar-refractivity contribution in [3.05, 3.63) is 57.9 Å². The summed E-state index contributed by atoms with van der Waals surface area (Å²) in [5.74, 6) is 0.720. The maximum Gasteiger partial charge on any atom is 0.224 e. The summed E-state index contributed by atoms with van der Waals surface area (Å²) in [5, 5.41) is 5.83. The molecule has 3 aromatic rings. The molecule has 1 N–H and O–H groups in total.